The van der Waals surface area contributed by atoms with Crippen molar-refractivity contribution in [1.29, 1.82) is 0 Å². The van der Waals surface area contributed by atoms with Gasteiger partial charge in [-0.1, -0.05) is 19.8 Å². The second-order valence-electron chi connectivity index (χ2n) is 3.39. The van der Waals surface area contributed by atoms with Crippen molar-refractivity contribution in [1.82, 2.24) is 0 Å². The minimum Gasteiger partial charge on any atom is -0.430 e. The molecule has 68 valence electrons. The molecule has 0 aliphatic carbocycles. The van der Waals surface area contributed by atoms with Gasteiger partial charge in [0.2, 0.25) is 0 Å². The second kappa shape index (κ2) is 4.01. The maximum atomic E-state index is 10.5. The minimum absolute atomic E-state index is 0.366. The van der Waals surface area contributed by atoms with Gasteiger partial charge in [0.05, 0.1) is 0 Å². The maximum absolute atomic E-state index is 10.5. The monoisotopic (exact) mass is 169 g/mol. The van der Waals surface area contributed by atoms with E-state index in [9.17, 15) is 4.79 Å². The number of nitrogens with two attached hydrogens (primary N) is 1. The number of amides is 1. The Bertz CT molecular complexity index is 205. The van der Waals surface area contributed by atoms with E-state index in [0.717, 1.165) is 0 Å². The van der Waals surface area contributed by atoms with Crippen molar-refractivity contribution in [2.45, 2.75) is 32.8 Å². The molecule has 0 aromatic heterocycles. The van der Waals surface area contributed by atoms with Crippen molar-refractivity contribution >= 4 is 6.09 Å². The molecule has 2 N–H and O–H groups in total. The first-order valence-electron chi connectivity index (χ1n) is 3.86. The predicted octanol–water partition coefficient (Wildman–Crippen LogP) is 1.52. The van der Waals surface area contributed by atoms with Gasteiger partial charge in [-0.15, -0.1) is 6.42 Å². The van der Waals surface area contributed by atoms with Gasteiger partial charge in [0.25, 0.3) is 0 Å². The predicted molar refractivity (Wildman–Crippen MR) is 47.4 cm³/mol. The van der Waals surface area contributed by atoms with Gasteiger partial charge < -0.3 is 10.5 Å². The van der Waals surface area contributed by atoms with Crippen LogP contribution in [0.3, 0.4) is 0 Å². The maximum Gasteiger partial charge on any atom is 0.406 e. The van der Waals surface area contributed by atoms with Gasteiger partial charge in [0, 0.05) is 6.42 Å². The van der Waals surface area contributed by atoms with Gasteiger partial charge in [0.1, 0.15) is 0 Å². The van der Waals surface area contributed by atoms with Crippen LogP contribution in [-0.4, -0.2) is 11.7 Å². The minimum atomic E-state index is -0.861. The quantitative estimate of drug-likeness (QED) is 0.651. The standard InChI is InChI=1S/C9H15NO2/c1-5-9(4,6-7(2)3)12-8(10)11/h1,7H,6H2,2-4H3,(H2,10,11)/t9-/m0/s1. The fourth-order valence-corrected chi connectivity index (χ4v) is 1.13. The summed E-state index contributed by atoms with van der Waals surface area (Å²) in [5, 5.41) is 0. The molecule has 0 aromatic carbocycles. The summed E-state index contributed by atoms with van der Waals surface area (Å²) >= 11 is 0. The third kappa shape index (κ3) is 3.87. The number of carbonyl (C=O) groups excluding carboxylic acids is 1. The van der Waals surface area contributed by atoms with Crippen LogP contribution in [0.25, 0.3) is 0 Å². The van der Waals surface area contributed by atoms with Crippen LogP contribution in [0.2, 0.25) is 0 Å². The van der Waals surface area contributed by atoms with Crippen LogP contribution in [0.4, 0.5) is 4.79 Å². The van der Waals surface area contributed by atoms with Crippen molar-refractivity contribution in [2.24, 2.45) is 11.7 Å². The smallest absolute Gasteiger partial charge is 0.406 e. The van der Waals surface area contributed by atoms with Crippen molar-refractivity contribution in [3.05, 3.63) is 0 Å². The van der Waals surface area contributed by atoms with Crippen LogP contribution >= 0.6 is 0 Å². The van der Waals surface area contributed by atoms with Gasteiger partial charge >= 0.3 is 6.09 Å². The lowest BCUT2D eigenvalue weighted by atomic mass is 9.95. The summed E-state index contributed by atoms with van der Waals surface area (Å²) in [5.74, 6) is 2.78. The van der Waals surface area contributed by atoms with Gasteiger partial charge in [-0.2, -0.15) is 0 Å². The molecular weight excluding hydrogens is 154 g/mol. The molecule has 0 aliphatic heterocycles. The third-order valence-electron chi connectivity index (χ3n) is 1.43. The molecule has 0 unspecified atom stereocenters. The third-order valence-corrected chi connectivity index (χ3v) is 1.43. The highest BCUT2D eigenvalue weighted by Crippen LogP contribution is 2.19. The van der Waals surface area contributed by atoms with E-state index in [0.29, 0.717) is 12.3 Å². The van der Waals surface area contributed by atoms with Crippen molar-refractivity contribution in [3.8, 4) is 12.3 Å². The van der Waals surface area contributed by atoms with E-state index in [-0.39, 0.29) is 0 Å². The van der Waals surface area contributed by atoms with Crippen LogP contribution in [0.5, 0.6) is 0 Å². The molecule has 3 nitrogen and oxygen atoms in total. The molecule has 0 radical (unpaired) electrons. The van der Waals surface area contributed by atoms with Gasteiger partial charge in [-0.05, 0) is 12.8 Å². The normalized spacial score (nSPS) is 14.9. The van der Waals surface area contributed by atoms with E-state index in [2.05, 4.69) is 5.92 Å². The first kappa shape index (κ1) is 10.8. The van der Waals surface area contributed by atoms with E-state index in [1.165, 1.54) is 0 Å². The highest BCUT2D eigenvalue weighted by Gasteiger charge is 2.26. The zero-order valence-electron chi connectivity index (χ0n) is 7.76. The molecule has 0 saturated heterocycles. The first-order chi connectivity index (χ1) is 5.39. The number of rotatable bonds is 3. The largest absolute Gasteiger partial charge is 0.430 e. The van der Waals surface area contributed by atoms with Gasteiger partial charge in [-0.3, -0.25) is 0 Å². The Morgan fingerprint density at radius 3 is 2.50 bits per heavy atom. The Hall–Kier alpha value is -1.17. The molecule has 3 heteroatoms. The lowest BCUT2D eigenvalue weighted by molar-refractivity contribution is 0.0591. The van der Waals surface area contributed by atoms with E-state index >= 15 is 0 Å². The highest BCUT2D eigenvalue weighted by atomic mass is 16.6. The average Bonchev–Trinajstić information content (AvgIpc) is 1.83. The van der Waals surface area contributed by atoms with E-state index < -0.39 is 11.7 Å². The Kier molecular flexibility index (Phi) is 3.62. The molecule has 1 amide bonds. The number of hydrogen-bond acceptors (Lipinski definition) is 2. The summed E-state index contributed by atoms with van der Waals surface area (Å²) in [6, 6.07) is 0. The summed E-state index contributed by atoms with van der Waals surface area (Å²) in [6.07, 6.45) is 5.02. The molecule has 0 bridgehead atoms. The summed E-state index contributed by atoms with van der Waals surface area (Å²) in [7, 11) is 0. The Morgan fingerprint density at radius 2 is 2.25 bits per heavy atom. The summed E-state index contributed by atoms with van der Waals surface area (Å²) < 4.78 is 4.80. The zero-order valence-corrected chi connectivity index (χ0v) is 7.76. The molecule has 1 atom stereocenters. The fraction of sp³-hybridized carbons (Fsp3) is 0.667. The molecule has 0 spiro atoms. The molecule has 0 rings (SSSR count). The second-order valence-corrected chi connectivity index (χ2v) is 3.39. The topological polar surface area (TPSA) is 52.3 Å². The molecule has 0 aliphatic rings. The van der Waals surface area contributed by atoms with Gasteiger partial charge in [0.15, 0.2) is 5.60 Å². The highest BCUT2D eigenvalue weighted by molar-refractivity contribution is 5.65. The van der Waals surface area contributed by atoms with E-state index in [1.54, 1.807) is 6.92 Å². The number of terminal acetylenes is 1. The number of primary amides is 1. The Balaban J connectivity index is 4.27. The lowest BCUT2D eigenvalue weighted by Gasteiger charge is -2.24. The van der Waals surface area contributed by atoms with Gasteiger partial charge in [-0.25, -0.2) is 4.79 Å². The molecule has 12 heavy (non-hydrogen) atoms. The van der Waals surface area contributed by atoms with Crippen LogP contribution in [0.1, 0.15) is 27.2 Å². The average molecular weight is 169 g/mol. The van der Waals surface area contributed by atoms with Crippen LogP contribution in [0, 0.1) is 18.3 Å². The Labute approximate surface area is 73.3 Å². The van der Waals surface area contributed by atoms with E-state index in [1.807, 2.05) is 13.8 Å². The zero-order chi connectivity index (χ0) is 9.78. The molecule has 0 heterocycles. The Morgan fingerprint density at radius 1 is 1.75 bits per heavy atom. The molecular formula is C9H15NO2. The van der Waals surface area contributed by atoms with Crippen LogP contribution < -0.4 is 5.73 Å². The van der Waals surface area contributed by atoms with Crippen molar-refractivity contribution < 1.29 is 9.53 Å². The molecule has 0 fully saturated rings. The number of ether oxygens (including phenoxy) is 1. The van der Waals surface area contributed by atoms with Crippen molar-refractivity contribution in [3.63, 3.8) is 0 Å². The van der Waals surface area contributed by atoms with Crippen LogP contribution in [0.15, 0.2) is 0 Å². The number of hydrogen-bond donors (Lipinski definition) is 1. The summed E-state index contributed by atoms with van der Waals surface area (Å²) in [6.45, 7) is 5.68. The fourth-order valence-electron chi connectivity index (χ4n) is 1.13. The molecule has 0 aromatic rings. The lowest BCUT2D eigenvalue weighted by Crippen LogP contribution is -2.34. The molecule has 0 saturated carbocycles. The summed E-state index contributed by atoms with van der Waals surface area (Å²) in [5.41, 5.74) is 4.01. The number of carbonyl (C=O) groups is 1. The van der Waals surface area contributed by atoms with Crippen LogP contribution in [-0.2, 0) is 4.74 Å². The van der Waals surface area contributed by atoms with Crippen molar-refractivity contribution in [2.75, 3.05) is 0 Å². The van der Waals surface area contributed by atoms with E-state index in [4.69, 9.17) is 16.9 Å². The SMILES string of the molecule is C#C[C@@](C)(CC(C)C)OC(N)=O. The first-order valence-corrected chi connectivity index (χ1v) is 3.86. The summed E-state index contributed by atoms with van der Waals surface area (Å²) in [4.78, 5) is 10.5.